The zero-order valence-electron chi connectivity index (χ0n) is 16.7. The highest BCUT2D eigenvalue weighted by Gasteiger charge is 2.57. The van der Waals surface area contributed by atoms with Crippen molar-refractivity contribution in [2.75, 3.05) is 25.2 Å². The van der Waals surface area contributed by atoms with E-state index >= 15 is 0 Å². The first kappa shape index (κ1) is 22.9. The van der Waals surface area contributed by atoms with Crippen molar-refractivity contribution in [3.8, 4) is 0 Å². The molecular weight excluding hydrogens is 498 g/mol. The minimum Gasteiger partial charge on any atom is -0.481 e. The second-order valence-electron chi connectivity index (χ2n) is 6.95. The number of fused-ring (bicyclic) bond motifs is 1. The van der Waals surface area contributed by atoms with Crippen LogP contribution in [0.25, 0.3) is 0 Å². The quantitative estimate of drug-likeness (QED) is 0.215. The number of hydrogen-bond acceptors (Lipinski definition) is 13. The molecule has 2 amide bonds. The maximum atomic E-state index is 12.8. The Morgan fingerprint density at radius 1 is 1.44 bits per heavy atom. The molecule has 2 fully saturated rings. The molecule has 32 heavy (non-hydrogen) atoms. The highest BCUT2D eigenvalue weighted by molar-refractivity contribution is 8.01. The van der Waals surface area contributed by atoms with Crippen LogP contribution in [0.5, 0.6) is 0 Å². The molecule has 2 aromatic rings. The van der Waals surface area contributed by atoms with Gasteiger partial charge in [-0.25, -0.2) is 0 Å². The number of rotatable bonds is 8. The van der Waals surface area contributed by atoms with Crippen molar-refractivity contribution in [2.24, 2.45) is 10.6 Å². The van der Waals surface area contributed by atoms with Crippen molar-refractivity contribution in [1.82, 2.24) is 30.6 Å². The van der Waals surface area contributed by atoms with Gasteiger partial charge in [-0.05, 0) is 6.92 Å². The molecule has 2 N–H and O–H groups in total. The fourth-order valence-electron chi connectivity index (χ4n) is 3.20. The molecule has 0 saturated carbocycles. The predicted molar refractivity (Wildman–Crippen MR) is 119 cm³/mol. The summed E-state index contributed by atoms with van der Waals surface area (Å²) in [4.78, 5) is 43.9. The van der Waals surface area contributed by atoms with Crippen LogP contribution in [0.1, 0.15) is 10.0 Å². The van der Waals surface area contributed by atoms with E-state index in [-0.39, 0.29) is 34.3 Å². The van der Waals surface area contributed by atoms with Crippen molar-refractivity contribution >= 4 is 69.7 Å². The summed E-state index contributed by atoms with van der Waals surface area (Å²) in [5.41, 5.74) is 0.394. The highest BCUT2D eigenvalue weighted by atomic mass is 32.2. The number of carboxylic acid groups (broad SMARTS) is 1. The number of carbonyl (C=O) groups excluding carboxylic acids is 2. The Labute approximate surface area is 198 Å². The van der Waals surface area contributed by atoms with E-state index < -0.39 is 23.3 Å². The molecule has 2 aliphatic rings. The maximum Gasteiger partial charge on any atom is 0.313 e. The standard InChI is InChI=1S/C16H17N7O5S4/c1-7-19-20-11(32-7)8(22-28-2)10(24)18-9-12(25)23-3-16(14(26)27,4-29-13(9)23)5-30-15-21-17-6-31-15/h6,9,13H,3-5H2,1-2H3,(H,18,24)(H,26,27)/t9?,13-,16?/m1/s1. The molecule has 0 aromatic carbocycles. The smallest absolute Gasteiger partial charge is 0.313 e. The summed E-state index contributed by atoms with van der Waals surface area (Å²) >= 11 is 5.15. The molecule has 3 atom stereocenters. The van der Waals surface area contributed by atoms with Crippen molar-refractivity contribution in [3.05, 3.63) is 15.5 Å². The monoisotopic (exact) mass is 515 g/mol. The van der Waals surface area contributed by atoms with E-state index in [0.717, 1.165) is 0 Å². The third-order valence-corrected chi connectivity index (χ3v) is 9.41. The Kier molecular flexibility index (Phi) is 6.64. The first-order chi connectivity index (χ1) is 15.3. The lowest BCUT2D eigenvalue weighted by atomic mass is 9.89. The van der Waals surface area contributed by atoms with Crippen LogP contribution in [0, 0.1) is 12.3 Å². The lowest BCUT2D eigenvalue weighted by Gasteiger charge is -2.53. The van der Waals surface area contributed by atoms with E-state index in [9.17, 15) is 19.5 Å². The Morgan fingerprint density at radius 2 is 2.25 bits per heavy atom. The molecule has 4 rings (SSSR count). The number of hydrogen-bond donors (Lipinski definition) is 2. The number of nitrogens with one attached hydrogen (secondary N) is 1. The van der Waals surface area contributed by atoms with Crippen molar-refractivity contribution < 1.29 is 24.3 Å². The highest BCUT2D eigenvalue weighted by Crippen LogP contribution is 2.44. The minimum absolute atomic E-state index is 0.0611. The zero-order chi connectivity index (χ0) is 22.9. The second kappa shape index (κ2) is 9.29. The van der Waals surface area contributed by atoms with Crippen molar-refractivity contribution in [1.29, 1.82) is 0 Å². The molecule has 12 nitrogen and oxygen atoms in total. The summed E-state index contributed by atoms with van der Waals surface area (Å²) in [5.74, 6) is -1.36. The number of β-lactam (4-membered cyclic amide) rings is 1. The maximum absolute atomic E-state index is 12.8. The van der Waals surface area contributed by atoms with Crippen LogP contribution in [0.2, 0.25) is 0 Å². The number of thioether (sulfide) groups is 2. The van der Waals surface area contributed by atoms with E-state index in [1.165, 1.54) is 58.2 Å². The average molecular weight is 516 g/mol. The van der Waals surface area contributed by atoms with E-state index in [2.05, 4.69) is 30.9 Å². The summed E-state index contributed by atoms with van der Waals surface area (Å²) in [6, 6.07) is -0.786. The van der Waals surface area contributed by atoms with Gasteiger partial charge in [0, 0.05) is 18.1 Å². The summed E-state index contributed by atoms with van der Waals surface area (Å²) in [5, 5.41) is 32.3. The second-order valence-corrected chi connectivity index (χ2v) is 11.3. The SMILES string of the molecule is CON=C(C(=O)NC1C(=O)N2CC(CSc3nncs3)(C(=O)O)CS[C@H]12)c1nnc(C)s1. The van der Waals surface area contributed by atoms with E-state index in [1.807, 2.05) is 0 Å². The van der Waals surface area contributed by atoms with Gasteiger partial charge in [0.2, 0.25) is 11.6 Å². The van der Waals surface area contributed by atoms with Crippen molar-refractivity contribution in [3.63, 3.8) is 0 Å². The van der Waals surface area contributed by atoms with Gasteiger partial charge < -0.3 is 20.2 Å². The lowest BCUT2D eigenvalue weighted by Crippen LogP contribution is -2.74. The molecule has 0 aliphatic carbocycles. The van der Waals surface area contributed by atoms with Gasteiger partial charge in [-0.15, -0.1) is 32.2 Å². The molecule has 16 heteroatoms. The Morgan fingerprint density at radius 3 is 2.88 bits per heavy atom. The van der Waals surface area contributed by atoms with Gasteiger partial charge in [0.15, 0.2) is 9.35 Å². The number of aromatic nitrogens is 4. The molecule has 2 saturated heterocycles. The van der Waals surface area contributed by atoms with Gasteiger partial charge in [-0.3, -0.25) is 14.4 Å². The number of aryl methyl sites for hydroxylation is 1. The normalized spacial score (nSPS) is 25.1. The predicted octanol–water partition coefficient (Wildman–Crippen LogP) is 0.312. The molecular formula is C16H17N7O5S4. The molecule has 4 heterocycles. The van der Waals surface area contributed by atoms with E-state index in [4.69, 9.17) is 4.84 Å². The van der Waals surface area contributed by atoms with Crippen LogP contribution in [0.4, 0.5) is 0 Å². The zero-order valence-corrected chi connectivity index (χ0v) is 20.0. The van der Waals surface area contributed by atoms with Gasteiger partial charge in [0.05, 0.1) is 0 Å². The van der Waals surface area contributed by atoms with Crippen LogP contribution in [-0.2, 0) is 19.2 Å². The molecule has 0 radical (unpaired) electrons. The summed E-state index contributed by atoms with van der Waals surface area (Å²) in [6.07, 6.45) is 0. The largest absolute Gasteiger partial charge is 0.481 e. The molecule has 2 unspecified atom stereocenters. The third-order valence-electron chi connectivity index (χ3n) is 4.82. The average Bonchev–Trinajstić information content (AvgIpc) is 3.45. The number of nitrogens with zero attached hydrogens (tertiary/aromatic N) is 6. The molecule has 2 aromatic heterocycles. The summed E-state index contributed by atoms with van der Waals surface area (Å²) < 4.78 is 0.676. The van der Waals surface area contributed by atoms with Crippen LogP contribution in [-0.4, -0.2) is 90.5 Å². The van der Waals surface area contributed by atoms with Crippen LogP contribution < -0.4 is 5.32 Å². The van der Waals surface area contributed by atoms with Gasteiger partial charge >= 0.3 is 5.97 Å². The van der Waals surface area contributed by atoms with Crippen LogP contribution in [0.15, 0.2) is 15.0 Å². The molecule has 0 spiro atoms. The van der Waals surface area contributed by atoms with Crippen LogP contribution in [0.3, 0.4) is 0 Å². The Balaban J connectivity index is 1.42. The minimum atomic E-state index is -1.12. The summed E-state index contributed by atoms with van der Waals surface area (Å²) in [7, 11) is 1.31. The summed E-state index contributed by atoms with van der Waals surface area (Å²) in [6.45, 7) is 1.80. The Hall–Kier alpha value is -2.30. The van der Waals surface area contributed by atoms with Gasteiger partial charge in [0.25, 0.3) is 5.91 Å². The fourth-order valence-corrected chi connectivity index (χ4v) is 7.22. The van der Waals surface area contributed by atoms with E-state index in [0.29, 0.717) is 15.1 Å². The number of oxime groups is 1. The number of aliphatic carboxylic acids is 1. The molecule has 170 valence electrons. The first-order valence-corrected chi connectivity index (χ1v) is 12.8. The van der Waals surface area contributed by atoms with Crippen molar-refractivity contribution in [2.45, 2.75) is 22.7 Å². The van der Waals surface area contributed by atoms with E-state index in [1.54, 1.807) is 12.4 Å². The first-order valence-electron chi connectivity index (χ1n) is 9.11. The fraction of sp³-hybridized carbons (Fsp3) is 0.500. The number of carboxylic acids is 1. The van der Waals surface area contributed by atoms with Gasteiger partial charge in [-0.1, -0.05) is 39.6 Å². The Bertz CT molecular complexity index is 1060. The lowest BCUT2D eigenvalue weighted by molar-refractivity contribution is -0.157. The third kappa shape index (κ3) is 4.31. The topological polar surface area (TPSA) is 160 Å². The molecule has 2 aliphatic heterocycles. The number of carbonyl (C=O) groups is 3. The van der Waals surface area contributed by atoms with Crippen LogP contribution >= 0.6 is 46.2 Å². The number of amides is 2. The molecule has 0 bridgehead atoms. The van der Waals surface area contributed by atoms with Gasteiger partial charge in [-0.2, -0.15) is 0 Å². The van der Waals surface area contributed by atoms with Gasteiger partial charge in [0.1, 0.15) is 34.5 Å².